The molecule has 0 saturated carbocycles. The highest BCUT2D eigenvalue weighted by Crippen LogP contribution is 2.37. The van der Waals surface area contributed by atoms with Crippen LogP contribution in [-0.2, 0) is 11.0 Å². The van der Waals surface area contributed by atoms with Gasteiger partial charge in [0, 0.05) is 0 Å². The number of hydrogen-bond acceptors (Lipinski definition) is 3. The van der Waals surface area contributed by atoms with Gasteiger partial charge in [0.05, 0.1) is 24.4 Å². The molecule has 2 unspecified atom stereocenters. The second-order valence-electron chi connectivity index (χ2n) is 5.10. The maximum atomic E-state index is 13.0. The zero-order valence-corrected chi connectivity index (χ0v) is 11.8. The Labute approximate surface area is 120 Å². The lowest BCUT2D eigenvalue weighted by atomic mass is 10.0. The SMILES string of the molecule is COc1ccc(NC(=O)C2NCCC2C)c(C(F)(F)F)c1. The molecule has 1 amide bonds. The zero-order valence-electron chi connectivity index (χ0n) is 11.8. The molecule has 1 fully saturated rings. The van der Waals surface area contributed by atoms with Crippen LogP contribution in [-0.4, -0.2) is 25.6 Å². The number of halogens is 3. The number of rotatable bonds is 3. The van der Waals surface area contributed by atoms with Gasteiger partial charge in [-0.2, -0.15) is 13.2 Å². The summed E-state index contributed by atoms with van der Waals surface area (Å²) in [5.41, 5.74) is -1.17. The van der Waals surface area contributed by atoms with Gasteiger partial charge in [-0.3, -0.25) is 4.79 Å². The highest BCUT2D eigenvalue weighted by atomic mass is 19.4. The molecular formula is C14H17F3N2O2. The van der Waals surface area contributed by atoms with Crippen molar-refractivity contribution in [1.29, 1.82) is 0 Å². The molecule has 1 aliphatic heterocycles. The minimum Gasteiger partial charge on any atom is -0.497 e. The molecule has 2 atom stereocenters. The van der Waals surface area contributed by atoms with E-state index in [4.69, 9.17) is 4.74 Å². The van der Waals surface area contributed by atoms with Crippen LogP contribution >= 0.6 is 0 Å². The number of carbonyl (C=O) groups excluding carboxylic acids is 1. The van der Waals surface area contributed by atoms with Crippen molar-refractivity contribution in [2.75, 3.05) is 19.0 Å². The minimum absolute atomic E-state index is 0.0904. The summed E-state index contributed by atoms with van der Waals surface area (Å²) in [7, 11) is 1.29. The average Bonchev–Trinajstić information content (AvgIpc) is 2.84. The highest BCUT2D eigenvalue weighted by molar-refractivity contribution is 5.96. The van der Waals surface area contributed by atoms with Gasteiger partial charge in [0.15, 0.2) is 0 Å². The lowest BCUT2D eigenvalue weighted by Crippen LogP contribution is -2.39. The molecule has 0 spiro atoms. The van der Waals surface area contributed by atoms with Crippen molar-refractivity contribution < 1.29 is 22.7 Å². The summed E-state index contributed by atoms with van der Waals surface area (Å²) < 4.78 is 43.9. The van der Waals surface area contributed by atoms with Gasteiger partial charge >= 0.3 is 6.18 Å². The van der Waals surface area contributed by atoms with E-state index < -0.39 is 23.7 Å². The van der Waals surface area contributed by atoms with E-state index >= 15 is 0 Å². The number of methoxy groups -OCH3 is 1. The molecular weight excluding hydrogens is 285 g/mol. The Kier molecular flexibility index (Phi) is 4.41. The summed E-state index contributed by atoms with van der Waals surface area (Å²) in [4.78, 5) is 12.1. The Morgan fingerprint density at radius 3 is 2.67 bits per heavy atom. The second kappa shape index (κ2) is 5.93. The number of hydrogen-bond donors (Lipinski definition) is 2. The van der Waals surface area contributed by atoms with Gasteiger partial charge in [-0.15, -0.1) is 0 Å². The smallest absolute Gasteiger partial charge is 0.418 e. The number of ether oxygens (including phenoxy) is 1. The summed E-state index contributed by atoms with van der Waals surface area (Å²) in [5.74, 6) is -0.263. The Morgan fingerprint density at radius 2 is 2.14 bits per heavy atom. The Hall–Kier alpha value is -1.76. The normalized spacial score (nSPS) is 22.1. The van der Waals surface area contributed by atoms with E-state index in [0.29, 0.717) is 6.54 Å². The summed E-state index contributed by atoms with van der Waals surface area (Å²) >= 11 is 0. The van der Waals surface area contributed by atoms with Crippen LogP contribution in [0.2, 0.25) is 0 Å². The monoisotopic (exact) mass is 302 g/mol. The fraction of sp³-hybridized carbons (Fsp3) is 0.500. The topological polar surface area (TPSA) is 50.4 Å². The first kappa shape index (κ1) is 15.6. The number of carbonyl (C=O) groups is 1. The number of amides is 1. The molecule has 1 saturated heterocycles. The van der Waals surface area contributed by atoms with Gasteiger partial charge in [-0.25, -0.2) is 0 Å². The Bertz CT molecular complexity index is 531. The molecule has 116 valence electrons. The molecule has 7 heteroatoms. The molecule has 2 N–H and O–H groups in total. The van der Waals surface area contributed by atoms with Crippen molar-refractivity contribution in [2.45, 2.75) is 25.6 Å². The zero-order chi connectivity index (χ0) is 15.6. The van der Waals surface area contributed by atoms with E-state index in [0.717, 1.165) is 12.5 Å². The van der Waals surface area contributed by atoms with E-state index in [1.165, 1.54) is 19.2 Å². The Balaban J connectivity index is 2.25. The molecule has 2 rings (SSSR count). The van der Waals surface area contributed by atoms with Crippen molar-refractivity contribution in [3.63, 3.8) is 0 Å². The molecule has 0 bridgehead atoms. The predicted octanol–water partition coefficient (Wildman–Crippen LogP) is 2.65. The summed E-state index contributed by atoms with van der Waals surface area (Å²) in [6, 6.07) is 3.00. The van der Waals surface area contributed by atoms with Crippen molar-refractivity contribution in [3.8, 4) is 5.75 Å². The van der Waals surface area contributed by atoms with Gasteiger partial charge in [0.25, 0.3) is 0 Å². The van der Waals surface area contributed by atoms with E-state index in [1.54, 1.807) is 0 Å². The lowest BCUT2D eigenvalue weighted by Gasteiger charge is -2.19. The molecule has 1 aromatic rings. The van der Waals surface area contributed by atoms with Gasteiger partial charge in [0.2, 0.25) is 5.91 Å². The predicted molar refractivity (Wildman–Crippen MR) is 72.2 cm³/mol. The molecule has 0 aliphatic carbocycles. The van der Waals surface area contributed by atoms with Crippen molar-refractivity contribution >= 4 is 11.6 Å². The molecule has 0 radical (unpaired) electrons. The van der Waals surface area contributed by atoms with E-state index in [9.17, 15) is 18.0 Å². The van der Waals surface area contributed by atoms with Crippen LogP contribution in [0.25, 0.3) is 0 Å². The third-order valence-electron chi connectivity index (χ3n) is 3.61. The number of benzene rings is 1. The summed E-state index contributed by atoms with van der Waals surface area (Å²) in [5, 5.41) is 5.35. The first-order valence-corrected chi connectivity index (χ1v) is 6.62. The Morgan fingerprint density at radius 1 is 1.43 bits per heavy atom. The number of nitrogens with one attached hydrogen (secondary N) is 2. The lowest BCUT2D eigenvalue weighted by molar-refractivity contribution is -0.137. The molecule has 1 aromatic carbocycles. The third kappa shape index (κ3) is 3.47. The van der Waals surface area contributed by atoms with Crippen LogP contribution in [0.5, 0.6) is 5.75 Å². The fourth-order valence-electron chi connectivity index (χ4n) is 2.39. The van der Waals surface area contributed by atoms with Gasteiger partial charge < -0.3 is 15.4 Å². The quantitative estimate of drug-likeness (QED) is 0.902. The molecule has 0 aromatic heterocycles. The second-order valence-corrected chi connectivity index (χ2v) is 5.10. The first-order chi connectivity index (χ1) is 9.82. The van der Waals surface area contributed by atoms with Crippen LogP contribution in [0.1, 0.15) is 18.9 Å². The minimum atomic E-state index is -4.56. The van der Waals surface area contributed by atoms with Crippen LogP contribution in [0, 0.1) is 5.92 Å². The van der Waals surface area contributed by atoms with E-state index in [1.807, 2.05) is 6.92 Å². The third-order valence-corrected chi connectivity index (χ3v) is 3.61. The number of anilines is 1. The van der Waals surface area contributed by atoms with Crippen LogP contribution < -0.4 is 15.4 Å². The summed E-state index contributed by atoms with van der Waals surface area (Å²) in [6.45, 7) is 2.58. The van der Waals surface area contributed by atoms with Crippen LogP contribution in [0.4, 0.5) is 18.9 Å². The van der Waals surface area contributed by atoms with Crippen molar-refractivity contribution in [1.82, 2.24) is 5.32 Å². The van der Waals surface area contributed by atoms with Gasteiger partial charge in [-0.05, 0) is 37.1 Å². The van der Waals surface area contributed by atoms with E-state index in [2.05, 4.69) is 10.6 Å². The van der Waals surface area contributed by atoms with Crippen molar-refractivity contribution in [3.05, 3.63) is 23.8 Å². The molecule has 1 aliphatic rings. The maximum Gasteiger partial charge on any atom is 0.418 e. The van der Waals surface area contributed by atoms with Gasteiger partial charge in [-0.1, -0.05) is 6.92 Å². The average molecular weight is 302 g/mol. The van der Waals surface area contributed by atoms with Crippen LogP contribution in [0.3, 0.4) is 0 Å². The standard InChI is InChI=1S/C14H17F3N2O2/c1-8-5-6-18-12(8)13(20)19-11-4-3-9(21-2)7-10(11)14(15,16)17/h3-4,7-8,12,18H,5-6H2,1-2H3,(H,19,20). The van der Waals surface area contributed by atoms with Gasteiger partial charge in [0.1, 0.15) is 5.75 Å². The van der Waals surface area contributed by atoms with Crippen LogP contribution in [0.15, 0.2) is 18.2 Å². The largest absolute Gasteiger partial charge is 0.497 e. The summed E-state index contributed by atoms with van der Waals surface area (Å²) in [6.07, 6.45) is -3.74. The molecule has 21 heavy (non-hydrogen) atoms. The van der Waals surface area contributed by atoms with E-state index in [-0.39, 0.29) is 17.4 Å². The van der Waals surface area contributed by atoms with Crippen molar-refractivity contribution in [2.24, 2.45) is 5.92 Å². The number of alkyl halides is 3. The molecule has 4 nitrogen and oxygen atoms in total. The molecule has 1 heterocycles. The first-order valence-electron chi connectivity index (χ1n) is 6.62. The highest BCUT2D eigenvalue weighted by Gasteiger charge is 2.36. The maximum absolute atomic E-state index is 13.0. The fourth-order valence-corrected chi connectivity index (χ4v) is 2.39.